The molecule has 1 heterocycles. The van der Waals surface area contributed by atoms with Gasteiger partial charge in [0, 0.05) is 0 Å². The van der Waals surface area contributed by atoms with Crippen LogP contribution in [0.5, 0.6) is 0 Å². The number of hydrogen-bond donors (Lipinski definition) is 5. The summed E-state index contributed by atoms with van der Waals surface area (Å²) in [6.45, 7) is 2.04. The molecule has 8 heteroatoms. The molecule has 8 nitrogen and oxygen atoms in total. The lowest BCUT2D eigenvalue weighted by atomic mass is 9.96. The summed E-state index contributed by atoms with van der Waals surface area (Å²) in [5, 5.41) is 40.2. The minimum absolute atomic E-state index is 0.369. The van der Waals surface area contributed by atoms with Gasteiger partial charge < -0.3 is 30.5 Å². The largest absolute Gasteiger partial charge is 0.394 e. The van der Waals surface area contributed by atoms with Crippen molar-refractivity contribution in [1.29, 1.82) is 0 Å². The van der Waals surface area contributed by atoms with Crippen molar-refractivity contribution < 1.29 is 34.8 Å². The summed E-state index contributed by atoms with van der Waals surface area (Å²) in [6.07, 6.45) is -5.68. The van der Waals surface area contributed by atoms with Crippen LogP contribution >= 0.6 is 0 Å². The van der Waals surface area contributed by atoms with Gasteiger partial charge in [-0.05, 0) is 13.8 Å². The fourth-order valence-corrected chi connectivity index (χ4v) is 1.73. The van der Waals surface area contributed by atoms with Gasteiger partial charge in [-0.2, -0.15) is 0 Å². The molecule has 1 rings (SSSR count). The Balaban J connectivity index is 2.72. The van der Waals surface area contributed by atoms with Gasteiger partial charge in [0.15, 0.2) is 6.29 Å². The predicted molar refractivity (Wildman–Crippen MR) is 61.8 cm³/mol. The van der Waals surface area contributed by atoms with E-state index in [0.717, 1.165) is 0 Å². The van der Waals surface area contributed by atoms with Crippen molar-refractivity contribution in [1.82, 2.24) is 5.32 Å². The molecular weight excluding hydrogens is 258 g/mol. The fourth-order valence-electron chi connectivity index (χ4n) is 1.73. The normalized spacial score (nSPS) is 36.6. The summed E-state index contributed by atoms with van der Waals surface area (Å²) in [5.74, 6) is -1.99. The van der Waals surface area contributed by atoms with Crippen molar-refractivity contribution in [2.45, 2.75) is 44.5 Å². The minimum Gasteiger partial charge on any atom is -0.394 e. The first-order chi connectivity index (χ1) is 8.79. The highest BCUT2D eigenvalue weighted by molar-refractivity contribution is 5.99. The summed E-state index contributed by atoms with van der Waals surface area (Å²) in [4.78, 5) is 22.7. The van der Waals surface area contributed by atoms with E-state index in [1.807, 2.05) is 0 Å². The molecule has 0 bridgehead atoms. The Bertz CT molecular complexity index is 348. The summed E-state index contributed by atoms with van der Waals surface area (Å²) >= 11 is 0. The lowest BCUT2D eigenvalue weighted by Gasteiger charge is -2.40. The molecule has 0 aliphatic carbocycles. The number of nitrogens with one attached hydrogen (secondary N) is 1. The van der Waals surface area contributed by atoms with Crippen LogP contribution in [0, 0.1) is 5.92 Å². The van der Waals surface area contributed by atoms with E-state index in [4.69, 9.17) is 9.84 Å². The summed E-state index contributed by atoms with van der Waals surface area (Å²) in [6, 6.07) is -1.27. The van der Waals surface area contributed by atoms with Gasteiger partial charge >= 0.3 is 0 Å². The van der Waals surface area contributed by atoms with Crippen LogP contribution in [-0.4, -0.2) is 69.4 Å². The molecule has 110 valence electrons. The average molecular weight is 277 g/mol. The van der Waals surface area contributed by atoms with Crippen LogP contribution in [0.1, 0.15) is 13.8 Å². The van der Waals surface area contributed by atoms with E-state index in [2.05, 4.69) is 5.32 Å². The van der Waals surface area contributed by atoms with Gasteiger partial charge in [0.2, 0.25) is 5.91 Å². The molecule has 0 radical (unpaired) electrons. The number of ketones is 1. The first-order valence-electron chi connectivity index (χ1n) is 5.91. The number of carbonyl (C=O) groups excluding carboxylic acids is 2. The van der Waals surface area contributed by atoms with Gasteiger partial charge in [-0.1, -0.05) is 0 Å². The van der Waals surface area contributed by atoms with Crippen molar-refractivity contribution >= 4 is 11.7 Å². The highest BCUT2D eigenvalue weighted by atomic mass is 16.6. The maximum absolute atomic E-state index is 11.7. The molecule has 19 heavy (non-hydrogen) atoms. The number of rotatable bonds is 4. The lowest BCUT2D eigenvalue weighted by Crippen LogP contribution is -2.64. The Morgan fingerprint density at radius 3 is 2.32 bits per heavy atom. The SMILES string of the molecule is CC(=O)C(C)C(=O)NC1C(O)OC(CO)C(O)C1O. The lowest BCUT2D eigenvalue weighted by molar-refractivity contribution is -0.254. The highest BCUT2D eigenvalue weighted by Crippen LogP contribution is 2.20. The van der Waals surface area contributed by atoms with E-state index in [-0.39, 0.29) is 5.78 Å². The Morgan fingerprint density at radius 2 is 1.84 bits per heavy atom. The van der Waals surface area contributed by atoms with Crippen LogP contribution in [0.15, 0.2) is 0 Å². The second-order valence-corrected chi connectivity index (χ2v) is 4.60. The first kappa shape index (κ1) is 16.0. The molecule has 5 N–H and O–H groups in total. The summed E-state index contributed by atoms with van der Waals surface area (Å²) < 4.78 is 4.87. The van der Waals surface area contributed by atoms with Gasteiger partial charge in [-0.3, -0.25) is 9.59 Å². The number of carbonyl (C=O) groups is 2. The zero-order valence-corrected chi connectivity index (χ0v) is 10.7. The monoisotopic (exact) mass is 277 g/mol. The second kappa shape index (κ2) is 6.40. The molecule has 6 unspecified atom stereocenters. The van der Waals surface area contributed by atoms with Crippen LogP contribution < -0.4 is 5.32 Å². The molecule has 1 aliphatic heterocycles. The molecule has 0 aromatic carbocycles. The summed E-state index contributed by atoms with van der Waals surface area (Å²) in [7, 11) is 0. The maximum atomic E-state index is 11.7. The Hall–Kier alpha value is -1.06. The third kappa shape index (κ3) is 3.48. The van der Waals surface area contributed by atoms with Crippen molar-refractivity contribution in [2.24, 2.45) is 5.92 Å². The van der Waals surface area contributed by atoms with Gasteiger partial charge in [-0.25, -0.2) is 0 Å². The van der Waals surface area contributed by atoms with Crippen molar-refractivity contribution in [2.75, 3.05) is 6.61 Å². The number of aliphatic hydroxyl groups is 4. The van der Waals surface area contributed by atoms with E-state index in [1.54, 1.807) is 0 Å². The standard InChI is InChI=1S/C11H19NO7/c1-4(5(2)14)10(17)12-7-9(16)8(15)6(3-13)19-11(7)18/h4,6-9,11,13,15-16,18H,3H2,1-2H3,(H,12,17). The average Bonchev–Trinajstić information content (AvgIpc) is 2.37. The van der Waals surface area contributed by atoms with Crippen molar-refractivity contribution in [3.8, 4) is 0 Å². The van der Waals surface area contributed by atoms with E-state index >= 15 is 0 Å². The van der Waals surface area contributed by atoms with E-state index < -0.39 is 49.1 Å². The molecule has 0 saturated carbocycles. The third-order valence-electron chi connectivity index (χ3n) is 3.21. The smallest absolute Gasteiger partial charge is 0.230 e. The van der Waals surface area contributed by atoms with Crippen molar-refractivity contribution in [3.63, 3.8) is 0 Å². The number of Topliss-reactive ketones (excluding diaryl/α,β-unsaturated/α-hetero) is 1. The molecule has 6 atom stereocenters. The number of aliphatic hydroxyl groups excluding tert-OH is 4. The van der Waals surface area contributed by atoms with Crippen LogP contribution in [0.2, 0.25) is 0 Å². The third-order valence-corrected chi connectivity index (χ3v) is 3.21. The molecular formula is C11H19NO7. The first-order valence-corrected chi connectivity index (χ1v) is 5.91. The van der Waals surface area contributed by atoms with E-state index in [0.29, 0.717) is 0 Å². The molecule has 0 aromatic heterocycles. The zero-order valence-electron chi connectivity index (χ0n) is 10.7. The molecule has 0 aromatic rings. The van der Waals surface area contributed by atoms with E-state index in [1.165, 1.54) is 13.8 Å². The number of amides is 1. The Morgan fingerprint density at radius 1 is 1.26 bits per heavy atom. The van der Waals surface area contributed by atoms with Crippen LogP contribution in [0.25, 0.3) is 0 Å². The van der Waals surface area contributed by atoms with Gasteiger partial charge in [0.25, 0.3) is 0 Å². The molecule has 0 spiro atoms. The maximum Gasteiger partial charge on any atom is 0.230 e. The number of hydrogen-bond acceptors (Lipinski definition) is 7. The van der Waals surface area contributed by atoms with Gasteiger partial charge in [0.1, 0.15) is 30.1 Å². The molecule has 1 fully saturated rings. The van der Waals surface area contributed by atoms with E-state index in [9.17, 15) is 24.9 Å². The van der Waals surface area contributed by atoms with Gasteiger partial charge in [-0.15, -0.1) is 0 Å². The summed E-state index contributed by atoms with van der Waals surface area (Å²) in [5.41, 5.74) is 0. The molecule has 1 aliphatic rings. The van der Waals surface area contributed by atoms with Crippen LogP contribution in [0.4, 0.5) is 0 Å². The fraction of sp³-hybridized carbons (Fsp3) is 0.818. The van der Waals surface area contributed by atoms with Crippen molar-refractivity contribution in [3.05, 3.63) is 0 Å². The Kier molecular flexibility index (Phi) is 5.39. The molecule has 1 saturated heterocycles. The van der Waals surface area contributed by atoms with Crippen LogP contribution in [-0.2, 0) is 14.3 Å². The zero-order chi connectivity index (χ0) is 14.7. The second-order valence-electron chi connectivity index (χ2n) is 4.60. The highest BCUT2D eigenvalue weighted by Gasteiger charge is 2.44. The number of ether oxygens (including phenoxy) is 1. The topological polar surface area (TPSA) is 136 Å². The minimum atomic E-state index is -1.58. The predicted octanol–water partition coefficient (Wildman–Crippen LogP) is -2.87. The van der Waals surface area contributed by atoms with Gasteiger partial charge in [0.05, 0.1) is 12.5 Å². The quantitative estimate of drug-likeness (QED) is 0.348. The van der Waals surface area contributed by atoms with Crippen LogP contribution in [0.3, 0.4) is 0 Å². The Labute approximate surface area is 110 Å². The molecule has 1 amide bonds.